The first kappa shape index (κ1) is 13.3. The van der Waals surface area contributed by atoms with E-state index in [0.717, 1.165) is 11.3 Å². The predicted molar refractivity (Wildman–Crippen MR) is 66.5 cm³/mol. The van der Waals surface area contributed by atoms with Crippen LogP contribution in [0.3, 0.4) is 0 Å². The van der Waals surface area contributed by atoms with Gasteiger partial charge < -0.3 is 25.0 Å². The molecule has 0 saturated carbocycles. The number of hydrogen-bond donors (Lipinski definition) is 3. The first-order valence-corrected chi connectivity index (χ1v) is 6.02. The van der Waals surface area contributed by atoms with Crippen LogP contribution >= 0.6 is 0 Å². The molecular weight excluding hydrogens is 234 g/mol. The number of methoxy groups -OCH3 is 1. The lowest BCUT2D eigenvalue weighted by Crippen LogP contribution is -2.36. The van der Waals surface area contributed by atoms with Crippen LogP contribution in [0.4, 0.5) is 0 Å². The molecule has 0 unspecified atom stereocenters. The minimum atomic E-state index is -0.676. The lowest BCUT2D eigenvalue weighted by atomic mass is 10.1. The molecule has 0 radical (unpaired) electrons. The van der Waals surface area contributed by atoms with E-state index in [0.29, 0.717) is 13.2 Å². The fraction of sp³-hybridized carbons (Fsp3) is 0.538. The topological polar surface area (TPSA) is 71.0 Å². The Morgan fingerprint density at radius 3 is 2.83 bits per heavy atom. The van der Waals surface area contributed by atoms with Gasteiger partial charge in [-0.05, 0) is 6.07 Å². The molecule has 0 amide bonds. The molecule has 3 atom stereocenters. The predicted octanol–water partition coefficient (Wildman–Crippen LogP) is -0.0946. The highest BCUT2D eigenvalue weighted by molar-refractivity contribution is 5.32. The van der Waals surface area contributed by atoms with E-state index in [4.69, 9.17) is 14.6 Å². The summed E-state index contributed by atoms with van der Waals surface area (Å²) >= 11 is 0. The van der Waals surface area contributed by atoms with Gasteiger partial charge in [-0.15, -0.1) is 0 Å². The van der Waals surface area contributed by atoms with Gasteiger partial charge in [0.15, 0.2) is 0 Å². The Kier molecular flexibility index (Phi) is 4.54. The van der Waals surface area contributed by atoms with Gasteiger partial charge in [0.1, 0.15) is 5.75 Å². The number of benzene rings is 1. The molecule has 2 rings (SSSR count). The van der Waals surface area contributed by atoms with E-state index < -0.39 is 6.10 Å². The molecule has 1 fully saturated rings. The average molecular weight is 253 g/mol. The third-order valence-corrected chi connectivity index (χ3v) is 3.22. The first-order chi connectivity index (χ1) is 8.76. The Morgan fingerprint density at radius 2 is 2.17 bits per heavy atom. The molecule has 0 bridgehead atoms. The quantitative estimate of drug-likeness (QED) is 0.684. The lowest BCUT2D eigenvalue weighted by Gasteiger charge is -2.18. The van der Waals surface area contributed by atoms with Crippen molar-refractivity contribution in [1.29, 1.82) is 0 Å². The van der Waals surface area contributed by atoms with Crippen LogP contribution in [0.5, 0.6) is 5.75 Å². The molecule has 1 aliphatic heterocycles. The molecule has 0 aliphatic carbocycles. The standard InChI is InChI=1S/C13H19NO4/c1-17-11-5-3-2-4-9(11)8-18-12-6-14-10(7-15)13(12)16/h2-5,10,12-16H,6-8H2,1H3/t10-,12-,13-/m0/s1. The van der Waals surface area contributed by atoms with Crippen molar-refractivity contribution < 1.29 is 19.7 Å². The van der Waals surface area contributed by atoms with Crippen LogP contribution in [-0.4, -0.2) is 48.7 Å². The summed E-state index contributed by atoms with van der Waals surface area (Å²) in [5, 5.41) is 21.9. The second-order valence-electron chi connectivity index (χ2n) is 4.35. The van der Waals surface area contributed by atoms with Gasteiger partial charge in [0.25, 0.3) is 0 Å². The molecule has 3 N–H and O–H groups in total. The smallest absolute Gasteiger partial charge is 0.124 e. The molecule has 5 heteroatoms. The molecule has 100 valence electrons. The van der Waals surface area contributed by atoms with Crippen molar-refractivity contribution in [3.05, 3.63) is 29.8 Å². The Balaban J connectivity index is 1.92. The van der Waals surface area contributed by atoms with Gasteiger partial charge >= 0.3 is 0 Å². The minimum Gasteiger partial charge on any atom is -0.496 e. The molecule has 1 heterocycles. The van der Waals surface area contributed by atoms with Crippen LogP contribution in [0.25, 0.3) is 0 Å². The molecule has 1 aliphatic rings. The lowest BCUT2D eigenvalue weighted by molar-refractivity contribution is -0.0308. The highest BCUT2D eigenvalue weighted by Gasteiger charge is 2.34. The molecule has 18 heavy (non-hydrogen) atoms. The second kappa shape index (κ2) is 6.15. The van der Waals surface area contributed by atoms with Crippen LogP contribution in [0.2, 0.25) is 0 Å². The Morgan fingerprint density at radius 1 is 1.39 bits per heavy atom. The molecule has 0 aromatic heterocycles. The van der Waals surface area contributed by atoms with Gasteiger partial charge in [-0.2, -0.15) is 0 Å². The molecular formula is C13H19NO4. The van der Waals surface area contributed by atoms with Crippen molar-refractivity contribution >= 4 is 0 Å². The maximum atomic E-state index is 9.87. The summed E-state index contributed by atoms with van der Waals surface area (Å²) in [5.74, 6) is 0.775. The fourth-order valence-corrected chi connectivity index (χ4v) is 2.12. The van der Waals surface area contributed by atoms with Gasteiger partial charge in [0.2, 0.25) is 0 Å². The summed E-state index contributed by atoms with van der Waals surface area (Å²) in [4.78, 5) is 0. The summed E-state index contributed by atoms with van der Waals surface area (Å²) in [6, 6.07) is 7.32. The van der Waals surface area contributed by atoms with Crippen LogP contribution in [-0.2, 0) is 11.3 Å². The Bertz CT molecular complexity index is 385. The van der Waals surface area contributed by atoms with E-state index in [1.807, 2.05) is 24.3 Å². The third kappa shape index (κ3) is 2.81. The normalized spacial score (nSPS) is 27.4. The molecule has 1 aromatic carbocycles. The van der Waals surface area contributed by atoms with Gasteiger partial charge in [-0.1, -0.05) is 18.2 Å². The Labute approximate surface area is 106 Å². The van der Waals surface area contributed by atoms with Crippen molar-refractivity contribution in [2.45, 2.75) is 24.9 Å². The summed E-state index contributed by atoms with van der Waals surface area (Å²) in [6.07, 6.45) is -0.975. The Hall–Kier alpha value is -1.14. The van der Waals surface area contributed by atoms with E-state index in [1.54, 1.807) is 7.11 Å². The third-order valence-electron chi connectivity index (χ3n) is 3.22. The van der Waals surface area contributed by atoms with Crippen molar-refractivity contribution in [3.63, 3.8) is 0 Å². The van der Waals surface area contributed by atoms with Crippen molar-refractivity contribution in [3.8, 4) is 5.75 Å². The zero-order chi connectivity index (χ0) is 13.0. The van der Waals surface area contributed by atoms with Crippen molar-refractivity contribution in [2.75, 3.05) is 20.3 Å². The van der Waals surface area contributed by atoms with E-state index in [-0.39, 0.29) is 18.8 Å². The number of nitrogens with one attached hydrogen (secondary N) is 1. The number of aliphatic hydroxyl groups excluding tert-OH is 2. The zero-order valence-corrected chi connectivity index (χ0v) is 10.4. The van der Waals surface area contributed by atoms with Crippen LogP contribution < -0.4 is 10.1 Å². The van der Waals surface area contributed by atoms with Crippen molar-refractivity contribution in [1.82, 2.24) is 5.32 Å². The summed E-state index contributed by atoms with van der Waals surface area (Å²) in [6.45, 7) is 0.836. The maximum absolute atomic E-state index is 9.87. The second-order valence-corrected chi connectivity index (χ2v) is 4.35. The average Bonchev–Trinajstić information content (AvgIpc) is 2.77. The van der Waals surface area contributed by atoms with Crippen LogP contribution in [0.1, 0.15) is 5.56 Å². The zero-order valence-electron chi connectivity index (χ0n) is 10.4. The van der Waals surface area contributed by atoms with Gasteiger partial charge in [-0.25, -0.2) is 0 Å². The highest BCUT2D eigenvalue weighted by atomic mass is 16.5. The van der Waals surface area contributed by atoms with E-state index in [2.05, 4.69) is 5.32 Å². The number of aliphatic hydroxyl groups is 2. The highest BCUT2D eigenvalue weighted by Crippen LogP contribution is 2.20. The van der Waals surface area contributed by atoms with Crippen molar-refractivity contribution in [2.24, 2.45) is 0 Å². The number of hydrogen-bond acceptors (Lipinski definition) is 5. The summed E-state index contributed by atoms with van der Waals surface area (Å²) in [7, 11) is 1.62. The van der Waals surface area contributed by atoms with E-state index in [1.165, 1.54) is 0 Å². The largest absolute Gasteiger partial charge is 0.496 e. The van der Waals surface area contributed by atoms with Gasteiger partial charge in [0.05, 0.1) is 38.6 Å². The molecule has 5 nitrogen and oxygen atoms in total. The summed E-state index contributed by atoms with van der Waals surface area (Å²) < 4.78 is 10.9. The van der Waals surface area contributed by atoms with E-state index >= 15 is 0 Å². The molecule has 1 saturated heterocycles. The monoisotopic (exact) mass is 253 g/mol. The van der Waals surface area contributed by atoms with Crippen LogP contribution in [0.15, 0.2) is 24.3 Å². The fourth-order valence-electron chi connectivity index (χ4n) is 2.12. The SMILES string of the molecule is COc1ccccc1CO[C@H]1CN[C@@H](CO)[C@@H]1O. The van der Waals surface area contributed by atoms with Gasteiger partial charge in [-0.3, -0.25) is 0 Å². The number of rotatable bonds is 5. The minimum absolute atomic E-state index is 0.0876. The summed E-state index contributed by atoms with van der Waals surface area (Å²) in [5.41, 5.74) is 0.944. The molecule has 0 spiro atoms. The number of para-hydroxylation sites is 1. The number of ether oxygens (including phenoxy) is 2. The van der Waals surface area contributed by atoms with Crippen LogP contribution in [0, 0.1) is 0 Å². The first-order valence-electron chi connectivity index (χ1n) is 6.02. The molecule has 1 aromatic rings. The van der Waals surface area contributed by atoms with Gasteiger partial charge in [0, 0.05) is 12.1 Å². The maximum Gasteiger partial charge on any atom is 0.124 e. The van der Waals surface area contributed by atoms with E-state index in [9.17, 15) is 5.11 Å².